The van der Waals surface area contributed by atoms with Crippen molar-refractivity contribution < 1.29 is 14.8 Å². The Morgan fingerprint density at radius 1 is 1.50 bits per heavy atom. The van der Waals surface area contributed by atoms with E-state index in [-0.39, 0.29) is 5.82 Å². The minimum absolute atomic E-state index is 0.192. The number of carboxylic acid groups (broad SMARTS) is 1. The Balaban J connectivity index is 2.13. The molecular weight excluding hydrogens is 238 g/mol. The summed E-state index contributed by atoms with van der Waals surface area (Å²) in [5.41, 5.74) is 1.76. The second kappa shape index (κ2) is 4.82. The number of hydrogen-bond acceptors (Lipinski definition) is 4. The fraction of sp³-hybridized carbons (Fsp3) is 0.273. The van der Waals surface area contributed by atoms with Crippen LogP contribution in [0.25, 0.3) is 5.57 Å². The lowest BCUT2D eigenvalue weighted by Crippen LogP contribution is -2.33. The first kappa shape index (κ1) is 12.0. The summed E-state index contributed by atoms with van der Waals surface area (Å²) in [6.07, 6.45) is 2.90. The molecule has 1 aromatic heterocycles. The smallest absolute Gasteiger partial charge is 0.407 e. The average Bonchev–Trinajstić information content (AvgIpc) is 2.39. The van der Waals surface area contributed by atoms with Crippen LogP contribution in [0.15, 0.2) is 24.4 Å². The van der Waals surface area contributed by atoms with Crippen molar-refractivity contribution in [1.29, 1.82) is 0 Å². The number of carbonyl (C=O) groups is 1. The van der Waals surface area contributed by atoms with Gasteiger partial charge in [0.2, 0.25) is 0 Å². The van der Waals surface area contributed by atoms with Crippen LogP contribution in [0.3, 0.4) is 0 Å². The molecule has 7 heteroatoms. The lowest BCUT2D eigenvalue weighted by Gasteiger charge is -2.23. The number of pyridine rings is 1. The lowest BCUT2D eigenvalue weighted by molar-refractivity contribution is -0.389. The van der Waals surface area contributed by atoms with Crippen molar-refractivity contribution in [3.63, 3.8) is 0 Å². The first-order chi connectivity index (χ1) is 8.58. The number of amides is 1. The third kappa shape index (κ3) is 2.45. The van der Waals surface area contributed by atoms with E-state index in [2.05, 4.69) is 4.98 Å². The van der Waals surface area contributed by atoms with Crippen LogP contribution in [0.4, 0.5) is 10.6 Å². The zero-order valence-corrected chi connectivity index (χ0v) is 9.44. The summed E-state index contributed by atoms with van der Waals surface area (Å²) >= 11 is 0. The summed E-state index contributed by atoms with van der Waals surface area (Å²) in [6.45, 7) is 0.764. The van der Waals surface area contributed by atoms with Gasteiger partial charge in [0.05, 0.1) is 0 Å². The maximum Gasteiger partial charge on any atom is 0.407 e. The SMILES string of the molecule is O=C(O)N1CC=C(c2ccc([N+](=O)[O-])nc2)CC1. The van der Waals surface area contributed by atoms with E-state index in [0.717, 1.165) is 11.1 Å². The van der Waals surface area contributed by atoms with Crippen molar-refractivity contribution in [1.82, 2.24) is 9.88 Å². The molecule has 18 heavy (non-hydrogen) atoms. The van der Waals surface area contributed by atoms with E-state index < -0.39 is 11.0 Å². The van der Waals surface area contributed by atoms with Crippen molar-refractivity contribution in [2.45, 2.75) is 6.42 Å². The van der Waals surface area contributed by atoms with E-state index in [4.69, 9.17) is 5.11 Å². The molecule has 0 radical (unpaired) electrons. The molecule has 0 atom stereocenters. The summed E-state index contributed by atoms with van der Waals surface area (Å²) in [6, 6.07) is 2.98. The maximum atomic E-state index is 10.7. The first-order valence-corrected chi connectivity index (χ1v) is 5.35. The van der Waals surface area contributed by atoms with Crippen LogP contribution < -0.4 is 0 Å². The van der Waals surface area contributed by atoms with E-state index in [1.165, 1.54) is 17.2 Å². The van der Waals surface area contributed by atoms with Crippen molar-refractivity contribution in [3.05, 3.63) is 40.1 Å². The van der Waals surface area contributed by atoms with Crippen LogP contribution in [0.1, 0.15) is 12.0 Å². The molecule has 1 aromatic rings. The number of aromatic nitrogens is 1. The Labute approximate surface area is 103 Å². The molecule has 94 valence electrons. The van der Waals surface area contributed by atoms with Gasteiger partial charge in [-0.3, -0.25) is 0 Å². The molecule has 0 aliphatic carbocycles. The summed E-state index contributed by atoms with van der Waals surface area (Å²) in [7, 11) is 0. The molecule has 0 unspecified atom stereocenters. The predicted molar refractivity (Wildman–Crippen MR) is 63.1 cm³/mol. The van der Waals surface area contributed by atoms with Gasteiger partial charge in [0.1, 0.15) is 6.20 Å². The normalized spacial score (nSPS) is 15.1. The van der Waals surface area contributed by atoms with Gasteiger partial charge < -0.3 is 20.1 Å². The zero-order chi connectivity index (χ0) is 13.1. The second-order valence-electron chi connectivity index (χ2n) is 3.87. The van der Waals surface area contributed by atoms with E-state index in [9.17, 15) is 14.9 Å². The van der Waals surface area contributed by atoms with Gasteiger partial charge in [-0.15, -0.1) is 0 Å². The monoisotopic (exact) mass is 249 g/mol. The molecule has 1 aliphatic heterocycles. The molecular formula is C11H11N3O4. The van der Waals surface area contributed by atoms with Gasteiger partial charge in [-0.1, -0.05) is 6.08 Å². The molecule has 2 rings (SSSR count). The quantitative estimate of drug-likeness (QED) is 0.636. The Kier molecular flexibility index (Phi) is 3.22. The summed E-state index contributed by atoms with van der Waals surface area (Å²) < 4.78 is 0. The van der Waals surface area contributed by atoms with Gasteiger partial charge >= 0.3 is 11.9 Å². The molecule has 7 nitrogen and oxygen atoms in total. The molecule has 0 bridgehead atoms. The molecule has 0 saturated carbocycles. The van der Waals surface area contributed by atoms with E-state index in [0.29, 0.717) is 19.5 Å². The minimum Gasteiger partial charge on any atom is -0.465 e. The van der Waals surface area contributed by atoms with Crippen LogP contribution >= 0.6 is 0 Å². The van der Waals surface area contributed by atoms with Crippen LogP contribution in [-0.4, -0.2) is 39.1 Å². The number of rotatable bonds is 2. The van der Waals surface area contributed by atoms with Crippen molar-refractivity contribution in [3.8, 4) is 0 Å². The summed E-state index contributed by atoms with van der Waals surface area (Å²) in [5, 5.41) is 19.3. The predicted octanol–water partition coefficient (Wildman–Crippen LogP) is 1.76. The number of nitro groups is 1. The fourth-order valence-electron chi connectivity index (χ4n) is 1.79. The van der Waals surface area contributed by atoms with Crippen LogP contribution in [0.2, 0.25) is 0 Å². The summed E-state index contributed by atoms with van der Waals surface area (Å²) in [5.74, 6) is -0.192. The average molecular weight is 249 g/mol. The molecule has 0 saturated heterocycles. The van der Waals surface area contributed by atoms with E-state index in [1.807, 2.05) is 0 Å². The summed E-state index contributed by atoms with van der Waals surface area (Å²) in [4.78, 5) is 25.7. The highest BCUT2D eigenvalue weighted by Gasteiger charge is 2.18. The standard InChI is InChI=1S/C11H11N3O4/c15-11(16)13-5-3-8(4-6-13)9-1-2-10(12-7-9)14(17)18/h1-3,7H,4-6H2,(H,15,16). The van der Waals surface area contributed by atoms with Gasteiger partial charge in [-0.2, -0.15) is 0 Å². The highest BCUT2D eigenvalue weighted by atomic mass is 16.6. The lowest BCUT2D eigenvalue weighted by atomic mass is 10.0. The van der Waals surface area contributed by atoms with Crippen molar-refractivity contribution in [2.24, 2.45) is 0 Å². The maximum absolute atomic E-state index is 10.7. The zero-order valence-electron chi connectivity index (χ0n) is 9.44. The minimum atomic E-state index is -0.938. The Bertz CT molecular complexity index is 510. The molecule has 0 fully saturated rings. The topological polar surface area (TPSA) is 96.6 Å². The van der Waals surface area contributed by atoms with E-state index in [1.54, 1.807) is 12.1 Å². The van der Waals surface area contributed by atoms with Gasteiger partial charge in [0.15, 0.2) is 0 Å². The molecule has 2 heterocycles. The Hall–Kier alpha value is -2.44. The van der Waals surface area contributed by atoms with Crippen molar-refractivity contribution in [2.75, 3.05) is 13.1 Å². The highest BCUT2D eigenvalue weighted by molar-refractivity contribution is 5.71. The van der Waals surface area contributed by atoms with Gasteiger partial charge in [-0.05, 0) is 28.0 Å². The molecule has 0 aromatic carbocycles. The number of hydrogen-bond donors (Lipinski definition) is 1. The number of nitrogens with zero attached hydrogens (tertiary/aromatic N) is 3. The van der Waals surface area contributed by atoms with Crippen LogP contribution in [0.5, 0.6) is 0 Å². The Morgan fingerprint density at radius 3 is 2.72 bits per heavy atom. The Morgan fingerprint density at radius 2 is 2.28 bits per heavy atom. The third-order valence-corrected chi connectivity index (χ3v) is 2.79. The largest absolute Gasteiger partial charge is 0.465 e. The fourth-order valence-corrected chi connectivity index (χ4v) is 1.79. The molecule has 0 spiro atoms. The van der Waals surface area contributed by atoms with Crippen LogP contribution in [0, 0.1) is 10.1 Å². The van der Waals surface area contributed by atoms with Gasteiger partial charge in [0, 0.05) is 24.7 Å². The second-order valence-corrected chi connectivity index (χ2v) is 3.87. The van der Waals surface area contributed by atoms with Gasteiger partial charge in [0.25, 0.3) is 0 Å². The molecule has 1 amide bonds. The molecule has 1 N–H and O–H groups in total. The van der Waals surface area contributed by atoms with Gasteiger partial charge in [-0.25, -0.2) is 4.79 Å². The van der Waals surface area contributed by atoms with Crippen LogP contribution in [-0.2, 0) is 0 Å². The third-order valence-electron chi connectivity index (χ3n) is 2.79. The van der Waals surface area contributed by atoms with Crippen molar-refractivity contribution >= 4 is 17.5 Å². The molecule has 1 aliphatic rings. The highest BCUT2D eigenvalue weighted by Crippen LogP contribution is 2.22. The van der Waals surface area contributed by atoms with E-state index >= 15 is 0 Å². The first-order valence-electron chi connectivity index (χ1n) is 5.35.